The first-order valence-corrected chi connectivity index (χ1v) is 10.9. The van der Waals surface area contributed by atoms with Gasteiger partial charge < -0.3 is 14.3 Å². The van der Waals surface area contributed by atoms with Gasteiger partial charge >= 0.3 is 5.69 Å². The summed E-state index contributed by atoms with van der Waals surface area (Å²) in [5, 5.41) is 11.4. The number of H-pyrrole nitrogens is 2. The highest BCUT2D eigenvalue weighted by Gasteiger charge is 2.13. The average Bonchev–Trinajstić information content (AvgIpc) is 3.52. The summed E-state index contributed by atoms with van der Waals surface area (Å²) in [5.74, 6) is 0.496. The molecular formula is C24H18ClN7O2. The SMILES string of the molecule is Cc1ccc(Oc2nc3cc(-c4ccc5c(ccn5C)c4)c(Cl)cc3[nH]2)cc1-n1nn[nH]c1=O. The van der Waals surface area contributed by atoms with Crippen LogP contribution < -0.4 is 10.4 Å². The second-order valence-electron chi connectivity index (χ2n) is 8.06. The number of rotatable bonds is 4. The third kappa shape index (κ3) is 3.34. The van der Waals surface area contributed by atoms with Crippen LogP contribution in [0.3, 0.4) is 0 Å². The first-order chi connectivity index (χ1) is 16.5. The summed E-state index contributed by atoms with van der Waals surface area (Å²) in [6, 6.07) is 17.8. The molecule has 2 N–H and O–H groups in total. The van der Waals surface area contributed by atoms with Gasteiger partial charge in [0.2, 0.25) is 0 Å². The zero-order valence-corrected chi connectivity index (χ0v) is 19.0. The van der Waals surface area contributed by atoms with Crippen LogP contribution in [0.2, 0.25) is 5.02 Å². The van der Waals surface area contributed by atoms with Gasteiger partial charge in [0.15, 0.2) is 0 Å². The normalized spacial score (nSPS) is 11.5. The minimum absolute atomic E-state index is 0.309. The number of aryl methyl sites for hydroxylation is 2. The first-order valence-electron chi connectivity index (χ1n) is 10.5. The van der Waals surface area contributed by atoms with E-state index in [-0.39, 0.29) is 0 Å². The van der Waals surface area contributed by atoms with E-state index in [4.69, 9.17) is 16.3 Å². The number of halogens is 1. The van der Waals surface area contributed by atoms with E-state index in [1.54, 1.807) is 12.1 Å². The third-order valence-electron chi connectivity index (χ3n) is 5.84. The minimum Gasteiger partial charge on any atom is -0.426 e. The summed E-state index contributed by atoms with van der Waals surface area (Å²) < 4.78 is 9.21. The molecule has 0 fully saturated rings. The van der Waals surface area contributed by atoms with Gasteiger partial charge in [-0.3, -0.25) is 0 Å². The van der Waals surface area contributed by atoms with Gasteiger partial charge in [0, 0.05) is 35.8 Å². The van der Waals surface area contributed by atoms with Crippen LogP contribution in [0.15, 0.2) is 65.6 Å². The molecular weight excluding hydrogens is 454 g/mol. The van der Waals surface area contributed by atoms with Gasteiger partial charge in [-0.2, -0.15) is 9.67 Å². The zero-order valence-electron chi connectivity index (χ0n) is 18.2. The maximum Gasteiger partial charge on any atom is 0.365 e. The van der Waals surface area contributed by atoms with Crippen molar-refractivity contribution in [1.29, 1.82) is 0 Å². The number of benzene rings is 3. The van der Waals surface area contributed by atoms with Crippen LogP contribution in [0.25, 0.3) is 38.8 Å². The molecule has 9 nitrogen and oxygen atoms in total. The highest BCUT2D eigenvalue weighted by Crippen LogP contribution is 2.34. The van der Waals surface area contributed by atoms with Crippen LogP contribution in [0.5, 0.6) is 11.8 Å². The topological polar surface area (TPSA) is 106 Å². The fourth-order valence-corrected chi connectivity index (χ4v) is 4.35. The Morgan fingerprint density at radius 3 is 2.76 bits per heavy atom. The van der Waals surface area contributed by atoms with Crippen molar-refractivity contribution in [2.45, 2.75) is 6.92 Å². The van der Waals surface area contributed by atoms with Gasteiger partial charge in [0.1, 0.15) is 5.75 Å². The van der Waals surface area contributed by atoms with Crippen molar-refractivity contribution in [2.24, 2.45) is 7.05 Å². The van der Waals surface area contributed by atoms with Gasteiger partial charge in [-0.15, -0.1) is 0 Å². The van der Waals surface area contributed by atoms with E-state index < -0.39 is 5.69 Å². The smallest absolute Gasteiger partial charge is 0.365 e. The van der Waals surface area contributed by atoms with Gasteiger partial charge in [-0.1, -0.05) is 23.7 Å². The Labute approximate surface area is 197 Å². The lowest BCUT2D eigenvalue weighted by molar-refractivity contribution is 0.449. The molecule has 0 aliphatic rings. The van der Waals surface area contributed by atoms with E-state index in [0.717, 1.165) is 38.6 Å². The van der Waals surface area contributed by atoms with Crippen LogP contribution in [0, 0.1) is 6.92 Å². The molecule has 0 bridgehead atoms. The molecule has 0 spiro atoms. The molecule has 0 aliphatic heterocycles. The molecule has 0 amide bonds. The van der Waals surface area contributed by atoms with Crippen molar-refractivity contribution < 1.29 is 4.74 Å². The number of tetrazole rings is 1. The molecule has 168 valence electrons. The predicted molar refractivity (Wildman–Crippen MR) is 130 cm³/mol. The van der Waals surface area contributed by atoms with Crippen molar-refractivity contribution in [3.8, 4) is 28.6 Å². The van der Waals surface area contributed by atoms with Gasteiger partial charge in [0.25, 0.3) is 6.01 Å². The molecule has 3 aromatic heterocycles. The van der Waals surface area contributed by atoms with Gasteiger partial charge in [0.05, 0.1) is 21.7 Å². The first kappa shape index (κ1) is 20.3. The number of ether oxygens (including phenoxy) is 1. The van der Waals surface area contributed by atoms with Crippen molar-refractivity contribution >= 4 is 33.5 Å². The number of hydrogen-bond acceptors (Lipinski definition) is 5. The number of hydrogen-bond donors (Lipinski definition) is 2. The highest BCUT2D eigenvalue weighted by molar-refractivity contribution is 6.34. The number of imidazole rings is 1. The van der Waals surface area contributed by atoms with Crippen LogP contribution >= 0.6 is 11.6 Å². The molecule has 0 aliphatic carbocycles. The summed E-state index contributed by atoms with van der Waals surface area (Å²) in [4.78, 5) is 19.7. The lowest BCUT2D eigenvalue weighted by atomic mass is 10.0. The average molecular weight is 472 g/mol. The quantitative estimate of drug-likeness (QED) is 0.386. The maximum atomic E-state index is 11.9. The number of aromatic amines is 2. The van der Waals surface area contributed by atoms with Crippen molar-refractivity contribution in [1.82, 2.24) is 34.7 Å². The number of fused-ring (bicyclic) bond motifs is 2. The Hall–Kier alpha value is -4.37. The van der Waals surface area contributed by atoms with Crippen molar-refractivity contribution in [3.63, 3.8) is 0 Å². The Morgan fingerprint density at radius 2 is 1.94 bits per heavy atom. The van der Waals surface area contributed by atoms with Crippen LogP contribution in [0.4, 0.5) is 0 Å². The van der Waals surface area contributed by atoms with E-state index in [1.807, 2.05) is 38.4 Å². The monoisotopic (exact) mass is 471 g/mol. The van der Waals surface area contributed by atoms with Gasteiger partial charge in [-0.25, -0.2) is 9.89 Å². The van der Waals surface area contributed by atoms with E-state index in [1.165, 1.54) is 4.68 Å². The number of nitrogens with zero attached hydrogens (tertiary/aromatic N) is 5. The standard InChI is InChI=1S/C24H18ClN7O2/c1-13-3-5-16(10-22(13)32-24(33)28-29-30-32)34-23-26-19-11-17(18(25)12-20(19)27-23)14-4-6-21-15(9-14)7-8-31(21)2/h3-12H,1-2H3,(H,26,27)(H,28,30,33). The molecule has 34 heavy (non-hydrogen) atoms. The van der Waals surface area contributed by atoms with E-state index in [9.17, 15) is 4.79 Å². The number of aromatic nitrogens is 7. The Balaban J connectivity index is 1.36. The molecule has 6 rings (SSSR count). The summed E-state index contributed by atoms with van der Waals surface area (Å²) >= 11 is 6.63. The minimum atomic E-state index is -0.431. The predicted octanol–water partition coefficient (Wildman–Crippen LogP) is 4.74. The second-order valence-corrected chi connectivity index (χ2v) is 8.47. The Morgan fingerprint density at radius 1 is 1.06 bits per heavy atom. The second kappa shape index (κ2) is 7.60. The Kier molecular flexibility index (Phi) is 4.53. The molecule has 0 atom stereocenters. The fraction of sp³-hybridized carbons (Fsp3) is 0.0833. The maximum absolute atomic E-state index is 11.9. The van der Waals surface area contributed by atoms with Crippen LogP contribution in [-0.2, 0) is 7.05 Å². The Bertz CT molecular complexity index is 1760. The molecule has 3 aromatic carbocycles. The van der Waals surface area contributed by atoms with Crippen molar-refractivity contribution in [2.75, 3.05) is 0 Å². The highest BCUT2D eigenvalue weighted by atomic mass is 35.5. The lowest BCUT2D eigenvalue weighted by Crippen LogP contribution is -2.17. The van der Waals surface area contributed by atoms with Gasteiger partial charge in [-0.05, 0) is 64.9 Å². The largest absolute Gasteiger partial charge is 0.426 e. The summed E-state index contributed by atoms with van der Waals surface area (Å²) in [6.45, 7) is 1.87. The van der Waals surface area contributed by atoms with E-state index in [0.29, 0.717) is 22.5 Å². The summed E-state index contributed by atoms with van der Waals surface area (Å²) in [6.07, 6.45) is 2.03. The third-order valence-corrected chi connectivity index (χ3v) is 6.15. The number of nitrogens with one attached hydrogen (secondary N) is 2. The van der Waals surface area contributed by atoms with Crippen molar-refractivity contribution in [3.05, 3.63) is 81.9 Å². The molecule has 3 heterocycles. The molecule has 0 saturated heterocycles. The molecule has 0 saturated carbocycles. The van der Waals surface area contributed by atoms with Crippen LogP contribution in [0.1, 0.15) is 5.56 Å². The fourth-order valence-electron chi connectivity index (χ4n) is 4.07. The molecule has 0 unspecified atom stereocenters. The molecule has 0 radical (unpaired) electrons. The molecule has 6 aromatic rings. The molecule has 10 heteroatoms. The summed E-state index contributed by atoms with van der Waals surface area (Å²) in [5.41, 5.74) is 5.51. The lowest BCUT2D eigenvalue weighted by Gasteiger charge is -2.07. The summed E-state index contributed by atoms with van der Waals surface area (Å²) in [7, 11) is 2.02. The van der Waals surface area contributed by atoms with E-state index >= 15 is 0 Å². The van der Waals surface area contributed by atoms with Crippen LogP contribution in [-0.4, -0.2) is 34.7 Å². The zero-order chi connectivity index (χ0) is 23.4. The van der Waals surface area contributed by atoms with E-state index in [2.05, 4.69) is 54.3 Å².